The predicted molar refractivity (Wildman–Crippen MR) is 90.0 cm³/mol. The van der Waals surface area contributed by atoms with Crippen molar-refractivity contribution in [3.8, 4) is 0 Å². The molecule has 0 aliphatic rings. The second kappa shape index (κ2) is 7.57. The molecule has 112 valence electrons. The fourth-order valence-corrected chi connectivity index (χ4v) is 2.95. The van der Waals surface area contributed by atoms with Crippen molar-refractivity contribution in [1.82, 2.24) is 0 Å². The van der Waals surface area contributed by atoms with E-state index in [1.165, 1.54) is 6.07 Å². The lowest BCUT2D eigenvalue weighted by molar-refractivity contribution is 0.617. The van der Waals surface area contributed by atoms with Crippen molar-refractivity contribution in [2.75, 3.05) is 18.0 Å². The van der Waals surface area contributed by atoms with E-state index in [9.17, 15) is 4.39 Å². The summed E-state index contributed by atoms with van der Waals surface area (Å²) >= 11 is 3.53. The summed E-state index contributed by atoms with van der Waals surface area (Å²) in [5.74, 6) is -0.207. The summed E-state index contributed by atoms with van der Waals surface area (Å²) in [5.41, 5.74) is 8.28. The second-order valence-electron chi connectivity index (χ2n) is 4.98. The Kier molecular flexibility index (Phi) is 5.76. The second-order valence-corrected chi connectivity index (χ2v) is 5.83. The first kappa shape index (κ1) is 16.0. The molecule has 0 aliphatic carbocycles. The lowest BCUT2D eigenvalue weighted by Crippen LogP contribution is -2.27. The molecule has 4 heteroatoms. The number of rotatable bonds is 6. The molecular weight excluding hydrogens is 331 g/mol. The summed E-state index contributed by atoms with van der Waals surface area (Å²) in [7, 11) is 0. The predicted octanol–water partition coefficient (Wildman–Crippen LogP) is 4.50. The molecule has 2 rings (SSSR count). The molecule has 0 saturated heterocycles. The minimum Gasteiger partial charge on any atom is -0.372 e. The van der Waals surface area contributed by atoms with Gasteiger partial charge in [-0.3, -0.25) is 0 Å². The normalized spacial score (nSPS) is 12.2. The first-order valence-corrected chi connectivity index (χ1v) is 7.91. The van der Waals surface area contributed by atoms with Gasteiger partial charge in [-0.25, -0.2) is 4.39 Å². The van der Waals surface area contributed by atoms with Crippen LogP contribution in [-0.4, -0.2) is 13.1 Å². The van der Waals surface area contributed by atoms with Crippen molar-refractivity contribution in [1.29, 1.82) is 0 Å². The van der Waals surface area contributed by atoms with E-state index in [1.807, 2.05) is 30.3 Å². The van der Waals surface area contributed by atoms with Gasteiger partial charge in [0.15, 0.2) is 0 Å². The summed E-state index contributed by atoms with van der Waals surface area (Å²) in [6, 6.07) is 14.7. The van der Waals surface area contributed by atoms with Crippen LogP contribution in [0, 0.1) is 5.82 Å². The summed E-state index contributed by atoms with van der Waals surface area (Å²) < 4.78 is 14.4. The van der Waals surface area contributed by atoms with E-state index in [0.717, 1.165) is 35.2 Å². The Morgan fingerprint density at radius 3 is 2.62 bits per heavy atom. The molecule has 1 atom stereocenters. The number of nitrogens with two attached hydrogens (primary N) is 1. The smallest absolute Gasteiger partial charge is 0.125 e. The van der Waals surface area contributed by atoms with E-state index in [4.69, 9.17) is 5.73 Å². The minimum absolute atomic E-state index is 0.0387. The van der Waals surface area contributed by atoms with Crippen LogP contribution in [0.1, 0.15) is 24.9 Å². The zero-order chi connectivity index (χ0) is 15.2. The zero-order valence-electron chi connectivity index (χ0n) is 12.1. The number of hydrogen-bond acceptors (Lipinski definition) is 2. The quantitative estimate of drug-likeness (QED) is 0.830. The van der Waals surface area contributed by atoms with E-state index >= 15 is 0 Å². The van der Waals surface area contributed by atoms with Crippen LogP contribution in [0.5, 0.6) is 0 Å². The molecular formula is C17H20BrFN2. The molecule has 0 bridgehead atoms. The van der Waals surface area contributed by atoms with Crippen LogP contribution in [0.4, 0.5) is 10.1 Å². The van der Waals surface area contributed by atoms with E-state index in [2.05, 4.69) is 27.8 Å². The molecule has 0 amide bonds. The van der Waals surface area contributed by atoms with Gasteiger partial charge in [-0.05, 0) is 43.2 Å². The summed E-state index contributed by atoms with van der Waals surface area (Å²) in [4.78, 5) is 2.14. The van der Waals surface area contributed by atoms with Gasteiger partial charge in [0.25, 0.3) is 0 Å². The molecule has 0 radical (unpaired) electrons. The van der Waals surface area contributed by atoms with Gasteiger partial charge in [-0.1, -0.05) is 40.2 Å². The summed E-state index contributed by atoms with van der Waals surface area (Å²) in [6.45, 7) is 3.68. The van der Waals surface area contributed by atoms with Crippen LogP contribution in [0.25, 0.3) is 0 Å². The molecule has 0 aliphatic heterocycles. The maximum atomic E-state index is 13.3. The molecule has 0 saturated carbocycles. The maximum absolute atomic E-state index is 13.3. The largest absolute Gasteiger partial charge is 0.372 e. The van der Waals surface area contributed by atoms with E-state index in [0.29, 0.717) is 0 Å². The van der Waals surface area contributed by atoms with Crippen molar-refractivity contribution in [2.24, 2.45) is 5.73 Å². The van der Waals surface area contributed by atoms with E-state index in [-0.39, 0.29) is 11.9 Å². The van der Waals surface area contributed by atoms with Crippen LogP contribution in [0.3, 0.4) is 0 Å². The van der Waals surface area contributed by atoms with E-state index < -0.39 is 0 Å². The highest BCUT2D eigenvalue weighted by Crippen LogP contribution is 2.24. The SMILES string of the molecule is CCN(CCC(N)c1ccccc1Br)c1cccc(F)c1. The molecule has 0 aromatic heterocycles. The molecule has 0 fully saturated rings. The third-order valence-electron chi connectivity index (χ3n) is 3.57. The van der Waals surface area contributed by atoms with Crippen LogP contribution in [0.15, 0.2) is 53.0 Å². The van der Waals surface area contributed by atoms with Gasteiger partial charge >= 0.3 is 0 Å². The van der Waals surface area contributed by atoms with E-state index in [1.54, 1.807) is 12.1 Å². The fraction of sp³-hybridized carbons (Fsp3) is 0.294. The Balaban J connectivity index is 2.02. The Bertz CT molecular complexity index is 589. The number of hydrogen-bond donors (Lipinski definition) is 1. The van der Waals surface area contributed by atoms with Crippen LogP contribution in [-0.2, 0) is 0 Å². The Morgan fingerprint density at radius 2 is 1.95 bits per heavy atom. The van der Waals surface area contributed by atoms with Crippen molar-refractivity contribution >= 4 is 21.6 Å². The summed E-state index contributed by atoms with van der Waals surface area (Å²) in [6.07, 6.45) is 0.812. The lowest BCUT2D eigenvalue weighted by atomic mass is 10.0. The van der Waals surface area contributed by atoms with Crippen molar-refractivity contribution in [3.63, 3.8) is 0 Å². The monoisotopic (exact) mass is 350 g/mol. The number of anilines is 1. The van der Waals surface area contributed by atoms with Crippen molar-refractivity contribution in [3.05, 3.63) is 64.4 Å². The molecule has 2 N–H and O–H groups in total. The molecule has 21 heavy (non-hydrogen) atoms. The Morgan fingerprint density at radius 1 is 1.19 bits per heavy atom. The van der Waals surface area contributed by atoms with Gasteiger partial charge in [0.2, 0.25) is 0 Å². The molecule has 0 heterocycles. The number of nitrogens with zero attached hydrogens (tertiary/aromatic N) is 1. The molecule has 2 nitrogen and oxygen atoms in total. The van der Waals surface area contributed by atoms with Crippen LogP contribution >= 0.6 is 15.9 Å². The molecule has 2 aromatic carbocycles. The zero-order valence-corrected chi connectivity index (χ0v) is 13.7. The molecule has 0 spiro atoms. The first-order chi connectivity index (χ1) is 10.1. The highest BCUT2D eigenvalue weighted by Gasteiger charge is 2.12. The van der Waals surface area contributed by atoms with Gasteiger partial charge in [0.1, 0.15) is 5.82 Å². The topological polar surface area (TPSA) is 29.3 Å². The third kappa shape index (κ3) is 4.29. The standard InChI is InChI=1S/C17H20BrFN2/c1-2-21(14-7-5-6-13(19)12-14)11-10-17(20)15-8-3-4-9-16(15)18/h3-9,12,17H,2,10-11,20H2,1H3. The van der Waals surface area contributed by atoms with Crippen molar-refractivity contribution < 1.29 is 4.39 Å². The van der Waals surface area contributed by atoms with Gasteiger partial charge < -0.3 is 10.6 Å². The van der Waals surface area contributed by atoms with Crippen LogP contribution < -0.4 is 10.6 Å². The van der Waals surface area contributed by atoms with Gasteiger partial charge in [0.05, 0.1) is 0 Å². The maximum Gasteiger partial charge on any atom is 0.125 e. The number of benzene rings is 2. The highest BCUT2D eigenvalue weighted by atomic mass is 79.9. The third-order valence-corrected chi connectivity index (χ3v) is 4.29. The first-order valence-electron chi connectivity index (χ1n) is 7.12. The average Bonchev–Trinajstić information content (AvgIpc) is 2.48. The van der Waals surface area contributed by atoms with Crippen LogP contribution in [0.2, 0.25) is 0 Å². The van der Waals surface area contributed by atoms with Gasteiger partial charge in [-0.15, -0.1) is 0 Å². The Hall–Kier alpha value is -1.39. The van der Waals surface area contributed by atoms with Crippen molar-refractivity contribution in [2.45, 2.75) is 19.4 Å². The fourth-order valence-electron chi connectivity index (χ4n) is 2.37. The minimum atomic E-state index is -0.207. The highest BCUT2D eigenvalue weighted by molar-refractivity contribution is 9.10. The number of halogens is 2. The lowest BCUT2D eigenvalue weighted by Gasteiger charge is -2.25. The average molecular weight is 351 g/mol. The molecule has 1 unspecified atom stereocenters. The summed E-state index contributed by atoms with van der Waals surface area (Å²) in [5, 5.41) is 0. The molecule has 2 aromatic rings. The van der Waals surface area contributed by atoms with Gasteiger partial charge in [0, 0.05) is 29.3 Å². The Labute approximate surface area is 133 Å². The van der Waals surface area contributed by atoms with Gasteiger partial charge in [-0.2, -0.15) is 0 Å².